The number of aromatic nitrogens is 3. The second-order valence-corrected chi connectivity index (χ2v) is 9.84. The van der Waals surface area contributed by atoms with E-state index in [9.17, 15) is 13.2 Å². The second kappa shape index (κ2) is 7.76. The van der Waals surface area contributed by atoms with Crippen LogP contribution in [0.4, 0.5) is 5.95 Å². The lowest BCUT2D eigenvalue weighted by Gasteiger charge is -2.23. The van der Waals surface area contributed by atoms with Crippen LogP contribution in [0.1, 0.15) is 19.8 Å². The lowest BCUT2D eigenvalue weighted by atomic mass is 10.1. The molecule has 9 heteroatoms. The topological polar surface area (TPSA) is 94.0 Å². The average molecular weight is 433 g/mol. The zero-order valence-electron chi connectivity index (χ0n) is 15.9. The molecule has 0 spiro atoms. The number of hydrogen-bond donors (Lipinski definition) is 1. The zero-order chi connectivity index (χ0) is 20.6. The van der Waals surface area contributed by atoms with Crippen LogP contribution in [0, 0.1) is 0 Å². The van der Waals surface area contributed by atoms with Crippen LogP contribution < -0.4 is 10.9 Å². The van der Waals surface area contributed by atoms with Gasteiger partial charge in [-0.05, 0) is 31.9 Å². The second-order valence-electron chi connectivity index (χ2n) is 7.13. The highest BCUT2D eigenvalue weighted by molar-refractivity contribution is 7.91. The number of hydrogen-bond acceptors (Lipinski definition) is 6. The summed E-state index contributed by atoms with van der Waals surface area (Å²) in [6.07, 6.45) is 2.72. The Balaban J connectivity index is 1.73. The molecule has 3 heterocycles. The molecule has 1 N–H and O–H groups in total. The van der Waals surface area contributed by atoms with Crippen LogP contribution in [0.2, 0.25) is 5.02 Å². The van der Waals surface area contributed by atoms with E-state index in [1.54, 1.807) is 22.9 Å². The monoisotopic (exact) mass is 432 g/mol. The number of sulfone groups is 1. The SMILES string of the molecule is CCn1c(=O)c(-c2ccccc2Cl)cc2cnc(NC3CCS(=O)(=O)CC3)nc21. The maximum atomic E-state index is 13.1. The minimum Gasteiger partial charge on any atom is -0.351 e. The average Bonchev–Trinajstić information content (AvgIpc) is 2.70. The molecule has 4 rings (SSSR count). The Kier molecular flexibility index (Phi) is 5.31. The largest absolute Gasteiger partial charge is 0.351 e. The Hall–Kier alpha value is -2.45. The quantitative estimate of drug-likeness (QED) is 0.680. The Morgan fingerprint density at radius 2 is 1.93 bits per heavy atom. The van der Waals surface area contributed by atoms with Gasteiger partial charge in [-0.25, -0.2) is 13.4 Å². The lowest BCUT2D eigenvalue weighted by molar-refractivity contribution is 0.558. The molecule has 152 valence electrons. The molecule has 3 aromatic rings. The summed E-state index contributed by atoms with van der Waals surface area (Å²) in [5.41, 5.74) is 1.55. The molecular weight excluding hydrogens is 412 g/mol. The summed E-state index contributed by atoms with van der Waals surface area (Å²) >= 11 is 6.30. The van der Waals surface area contributed by atoms with Crippen LogP contribution in [0.25, 0.3) is 22.2 Å². The highest BCUT2D eigenvalue weighted by atomic mass is 35.5. The van der Waals surface area contributed by atoms with Crippen molar-refractivity contribution < 1.29 is 8.42 Å². The van der Waals surface area contributed by atoms with Crippen molar-refractivity contribution >= 4 is 38.4 Å². The molecule has 0 aliphatic carbocycles. The summed E-state index contributed by atoms with van der Waals surface area (Å²) in [4.78, 5) is 22.0. The van der Waals surface area contributed by atoms with Gasteiger partial charge < -0.3 is 5.32 Å². The van der Waals surface area contributed by atoms with Crippen molar-refractivity contribution in [2.24, 2.45) is 0 Å². The zero-order valence-corrected chi connectivity index (χ0v) is 17.5. The van der Waals surface area contributed by atoms with Crippen molar-refractivity contribution in [3.8, 4) is 11.1 Å². The van der Waals surface area contributed by atoms with Gasteiger partial charge in [0, 0.05) is 40.3 Å². The molecule has 0 amide bonds. The number of rotatable bonds is 4. The fourth-order valence-corrected chi connectivity index (χ4v) is 5.34. The van der Waals surface area contributed by atoms with Crippen LogP contribution in [-0.2, 0) is 16.4 Å². The first-order chi connectivity index (χ1) is 13.9. The number of aryl methyl sites for hydroxylation is 1. The number of nitrogens with zero attached hydrogens (tertiary/aromatic N) is 3. The Bertz CT molecular complexity index is 1230. The van der Waals surface area contributed by atoms with Crippen molar-refractivity contribution in [2.45, 2.75) is 32.4 Å². The predicted molar refractivity (Wildman–Crippen MR) is 115 cm³/mol. The summed E-state index contributed by atoms with van der Waals surface area (Å²) in [7, 11) is -2.93. The van der Waals surface area contributed by atoms with E-state index in [2.05, 4.69) is 15.3 Å². The Morgan fingerprint density at radius 3 is 2.62 bits per heavy atom. The maximum Gasteiger partial charge on any atom is 0.260 e. The van der Waals surface area contributed by atoms with Crippen molar-refractivity contribution in [1.82, 2.24) is 14.5 Å². The fourth-order valence-electron chi connectivity index (χ4n) is 3.61. The molecule has 2 aromatic heterocycles. The van der Waals surface area contributed by atoms with Gasteiger partial charge in [-0.1, -0.05) is 29.8 Å². The third kappa shape index (κ3) is 4.00. The smallest absolute Gasteiger partial charge is 0.260 e. The third-order valence-corrected chi connectivity index (χ3v) is 7.24. The molecule has 1 aliphatic heterocycles. The molecule has 1 fully saturated rings. The normalized spacial score (nSPS) is 16.8. The first-order valence-electron chi connectivity index (χ1n) is 9.50. The van der Waals surface area contributed by atoms with Gasteiger partial charge in [0.05, 0.1) is 11.5 Å². The molecule has 0 bridgehead atoms. The van der Waals surface area contributed by atoms with E-state index < -0.39 is 9.84 Å². The molecule has 1 aliphatic rings. The van der Waals surface area contributed by atoms with E-state index in [-0.39, 0.29) is 23.1 Å². The van der Waals surface area contributed by atoms with Gasteiger partial charge in [-0.3, -0.25) is 9.36 Å². The third-order valence-electron chi connectivity index (χ3n) is 5.20. The molecule has 1 aromatic carbocycles. The number of pyridine rings is 1. The first-order valence-corrected chi connectivity index (χ1v) is 11.7. The number of anilines is 1. The van der Waals surface area contributed by atoms with Crippen LogP contribution in [0.3, 0.4) is 0 Å². The van der Waals surface area contributed by atoms with Gasteiger partial charge in [-0.2, -0.15) is 4.98 Å². The molecule has 0 radical (unpaired) electrons. The Labute approximate surface area is 173 Å². The van der Waals surface area contributed by atoms with E-state index in [0.29, 0.717) is 47.1 Å². The summed E-state index contributed by atoms with van der Waals surface area (Å²) in [5.74, 6) is 0.729. The van der Waals surface area contributed by atoms with Crippen molar-refractivity contribution in [3.05, 3.63) is 51.9 Å². The highest BCUT2D eigenvalue weighted by Crippen LogP contribution is 2.27. The van der Waals surface area contributed by atoms with Gasteiger partial charge in [0.15, 0.2) is 0 Å². The number of benzene rings is 1. The van der Waals surface area contributed by atoms with Crippen molar-refractivity contribution in [2.75, 3.05) is 16.8 Å². The van der Waals surface area contributed by atoms with Gasteiger partial charge in [0.1, 0.15) is 15.5 Å². The minimum absolute atomic E-state index is 0.000159. The predicted octanol–water partition coefficient (Wildman–Crippen LogP) is 3.12. The van der Waals surface area contributed by atoms with Crippen LogP contribution in [0.15, 0.2) is 41.3 Å². The summed E-state index contributed by atoms with van der Waals surface area (Å²) in [6, 6.07) is 9.00. The van der Waals surface area contributed by atoms with Crippen LogP contribution in [0.5, 0.6) is 0 Å². The van der Waals surface area contributed by atoms with Crippen molar-refractivity contribution in [3.63, 3.8) is 0 Å². The maximum absolute atomic E-state index is 13.1. The lowest BCUT2D eigenvalue weighted by Crippen LogP contribution is -2.32. The van der Waals surface area contributed by atoms with Gasteiger partial charge in [0.2, 0.25) is 5.95 Å². The number of halogens is 1. The summed E-state index contributed by atoms with van der Waals surface area (Å²) in [6.45, 7) is 2.34. The molecular formula is C20H21ClN4O3S. The van der Waals surface area contributed by atoms with Crippen molar-refractivity contribution in [1.29, 1.82) is 0 Å². The van der Waals surface area contributed by atoms with E-state index in [4.69, 9.17) is 11.6 Å². The van der Waals surface area contributed by atoms with E-state index in [1.165, 1.54) is 0 Å². The molecule has 1 saturated heterocycles. The van der Waals surface area contributed by atoms with Gasteiger partial charge in [0.25, 0.3) is 5.56 Å². The summed E-state index contributed by atoms with van der Waals surface area (Å²) < 4.78 is 24.8. The van der Waals surface area contributed by atoms with Crippen LogP contribution >= 0.6 is 11.6 Å². The van der Waals surface area contributed by atoms with Crippen LogP contribution in [-0.4, -0.2) is 40.5 Å². The molecule has 29 heavy (non-hydrogen) atoms. The summed E-state index contributed by atoms with van der Waals surface area (Å²) in [5, 5.41) is 4.46. The molecule has 0 saturated carbocycles. The number of fused-ring (bicyclic) bond motifs is 1. The van der Waals surface area contributed by atoms with E-state index in [0.717, 1.165) is 5.39 Å². The highest BCUT2D eigenvalue weighted by Gasteiger charge is 2.24. The number of nitrogens with one attached hydrogen (secondary N) is 1. The fraction of sp³-hybridized carbons (Fsp3) is 0.350. The van der Waals surface area contributed by atoms with Gasteiger partial charge >= 0.3 is 0 Å². The van der Waals surface area contributed by atoms with E-state index >= 15 is 0 Å². The van der Waals surface area contributed by atoms with E-state index in [1.807, 2.05) is 25.1 Å². The van der Waals surface area contributed by atoms with Gasteiger partial charge in [-0.15, -0.1) is 0 Å². The Morgan fingerprint density at radius 1 is 1.21 bits per heavy atom. The minimum atomic E-state index is -2.93. The standard InChI is InChI=1S/C20H21ClN4O3S/c1-2-25-18-13(11-16(19(25)26)15-5-3-4-6-17(15)21)12-22-20(24-18)23-14-7-9-29(27,28)10-8-14/h3-6,11-12,14H,2,7-10H2,1H3,(H,22,23,24). The molecule has 0 atom stereocenters. The molecule has 7 nitrogen and oxygen atoms in total. The molecule has 0 unspecified atom stereocenters. The first kappa shape index (κ1) is 19.8.